The molecule has 18 heteroatoms. The van der Waals surface area contributed by atoms with E-state index in [9.17, 15) is 48.8 Å². The Labute approximate surface area is 301 Å². The van der Waals surface area contributed by atoms with Gasteiger partial charge in [-0.25, -0.2) is 4.57 Å². The van der Waals surface area contributed by atoms with Gasteiger partial charge in [0.1, 0.15) is 0 Å². The zero-order chi connectivity index (χ0) is 39.1. The van der Waals surface area contributed by atoms with E-state index in [4.69, 9.17) is 19.3 Å². The van der Waals surface area contributed by atoms with Crippen molar-refractivity contribution in [2.45, 2.75) is 45.1 Å². The molecule has 6 N–H and O–H groups in total. The lowest BCUT2D eigenvalue weighted by atomic mass is 9.73. The van der Waals surface area contributed by atoms with Crippen LogP contribution in [-0.2, 0) is 43.0 Å². The number of carboxylic acids is 5. The number of carboxylic acid groups (broad SMARTS) is 5. The third-order valence-electron chi connectivity index (χ3n) is 8.35. The van der Waals surface area contributed by atoms with Crippen LogP contribution in [0.25, 0.3) is 0 Å². The van der Waals surface area contributed by atoms with Crippen molar-refractivity contribution in [2.75, 3.05) is 65.6 Å². The van der Waals surface area contributed by atoms with Gasteiger partial charge in [0.25, 0.3) is 0 Å². The van der Waals surface area contributed by atoms with E-state index in [1.807, 2.05) is 62.4 Å². The predicted octanol–water partition coefficient (Wildman–Crippen LogP) is 2.22. The number of carbonyl (C=O) groups is 5. The molecule has 0 heterocycles. The van der Waals surface area contributed by atoms with E-state index in [1.54, 1.807) is 0 Å². The van der Waals surface area contributed by atoms with Crippen LogP contribution in [0.2, 0.25) is 0 Å². The zero-order valence-corrected chi connectivity index (χ0v) is 30.3. The second-order valence-corrected chi connectivity index (χ2v) is 14.2. The lowest BCUT2D eigenvalue weighted by Crippen LogP contribution is -2.52. The highest BCUT2D eigenvalue weighted by molar-refractivity contribution is 7.47. The summed E-state index contributed by atoms with van der Waals surface area (Å²) in [6.45, 7) is 0.353. The van der Waals surface area contributed by atoms with Crippen molar-refractivity contribution in [3.63, 3.8) is 0 Å². The van der Waals surface area contributed by atoms with Crippen LogP contribution in [0.5, 0.6) is 0 Å². The van der Waals surface area contributed by atoms with Crippen LogP contribution in [-0.4, -0.2) is 147 Å². The summed E-state index contributed by atoms with van der Waals surface area (Å²) < 4.78 is 23.5. The van der Waals surface area contributed by atoms with Crippen molar-refractivity contribution in [3.8, 4) is 0 Å². The Hall–Kier alpha value is -4.22. The second kappa shape index (κ2) is 20.7. The first-order valence-electron chi connectivity index (χ1n) is 16.3. The Bertz CT molecular complexity index is 1480. The van der Waals surface area contributed by atoms with Crippen LogP contribution < -0.4 is 0 Å². The quantitative estimate of drug-likeness (QED) is 0.0595. The molecule has 0 amide bonds. The van der Waals surface area contributed by atoms with Crippen LogP contribution in [0.15, 0.2) is 48.5 Å². The van der Waals surface area contributed by atoms with Crippen molar-refractivity contribution in [1.29, 1.82) is 0 Å². The van der Waals surface area contributed by atoms with Crippen LogP contribution in [0.3, 0.4) is 0 Å². The molecule has 0 aliphatic rings. The minimum atomic E-state index is -4.82. The van der Waals surface area contributed by atoms with E-state index in [2.05, 4.69) is 6.92 Å². The third-order valence-corrected chi connectivity index (χ3v) is 9.34. The molecule has 288 valence electrons. The smallest absolute Gasteiger partial charge is 0.472 e. The molecule has 2 rings (SSSR count). The van der Waals surface area contributed by atoms with Gasteiger partial charge in [-0.2, -0.15) is 0 Å². The molecule has 2 aromatic rings. The number of aryl methyl sites for hydroxylation is 2. The van der Waals surface area contributed by atoms with Gasteiger partial charge in [0.15, 0.2) is 0 Å². The van der Waals surface area contributed by atoms with Gasteiger partial charge in [0, 0.05) is 31.1 Å². The first-order valence-corrected chi connectivity index (χ1v) is 17.8. The molecule has 2 atom stereocenters. The highest BCUT2D eigenvalue weighted by Crippen LogP contribution is 2.44. The standard InChI is InChI=1S/C34H48N3O14P/c1-24-5-9-26(10-6-24)34(3,27-11-7-25(2)8-12-27)13-4-16-50-52(48,49)51-23-28(37(21-32(44)45)22-33(46)47)17-35(18-29(38)39)14-15-36(19-30(40)41)20-31(42)43/h5-12,28H,4,13-23H2,1-3H3,(H,38,39)(H,40,41)(H,42,43)(H,44,45)(H,46,47)(H,48,49). The molecular formula is C34H48N3O14P. The SMILES string of the molecule is Cc1ccc(C(C)(CCCOP(=O)(O)OCC(CN(CCN(CC(=O)O)CC(=O)O)CC(=O)O)N(CC(=O)O)CC(=O)O)c2ccc(C)cc2)cc1. The summed E-state index contributed by atoms with van der Waals surface area (Å²) in [5.74, 6) is -6.91. The average Bonchev–Trinajstić information content (AvgIpc) is 3.02. The van der Waals surface area contributed by atoms with Crippen molar-refractivity contribution in [3.05, 3.63) is 70.8 Å². The molecule has 0 saturated heterocycles. The number of phosphoric acid groups is 1. The van der Waals surface area contributed by atoms with Crippen LogP contribution in [0.4, 0.5) is 0 Å². The van der Waals surface area contributed by atoms with E-state index < -0.39 is 95.0 Å². The monoisotopic (exact) mass is 753 g/mol. The highest BCUT2D eigenvalue weighted by atomic mass is 31.2. The number of phosphoric ester groups is 1. The first kappa shape index (κ1) is 43.9. The molecule has 0 spiro atoms. The molecule has 2 aromatic carbocycles. The molecule has 0 aliphatic heterocycles. The second-order valence-electron chi connectivity index (χ2n) is 12.7. The lowest BCUT2D eigenvalue weighted by molar-refractivity contribution is -0.145. The van der Waals surface area contributed by atoms with Gasteiger partial charge in [-0.05, 0) is 37.8 Å². The number of nitrogens with zero attached hydrogens (tertiary/aromatic N) is 3. The number of aliphatic carboxylic acids is 5. The minimum absolute atomic E-state index is 0.214. The summed E-state index contributed by atoms with van der Waals surface area (Å²) in [6, 6.07) is 14.8. The van der Waals surface area contributed by atoms with Crippen molar-refractivity contribution in [1.82, 2.24) is 14.7 Å². The van der Waals surface area contributed by atoms with Gasteiger partial charge < -0.3 is 30.4 Å². The predicted molar refractivity (Wildman–Crippen MR) is 186 cm³/mol. The van der Waals surface area contributed by atoms with E-state index >= 15 is 0 Å². The van der Waals surface area contributed by atoms with Gasteiger partial charge in [0.2, 0.25) is 0 Å². The summed E-state index contributed by atoms with van der Waals surface area (Å²) in [5, 5.41) is 46.7. The lowest BCUT2D eigenvalue weighted by Gasteiger charge is -2.34. The summed E-state index contributed by atoms with van der Waals surface area (Å²) >= 11 is 0. The Morgan fingerprint density at radius 2 is 1.08 bits per heavy atom. The van der Waals surface area contributed by atoms with Crippen molar-refractivity contribution >= 4 is 37.7 Å². The van der Waals surface area contributed by atoms with E-state index in [0.717, 1.165) is 32.1 Å². The Morgan fingerprint density at radius 3 is 1.50 bits per heavy atom. The van der Waals surface area contributed by atoms with Crippen LogP contribution >= 0.6 is 7.82 Å². The van der Waals surface area contributed by atoms with Gasteiger partial charge in [-0.3, -0.25) is 47.7 Å². The number of hydrogen-bond acceptors (Lipinski definition) is 11. The summed E-state index contributed by atoms with van der Waals surface area (Å²) in [5.41, 5.74) is 3.76. The molecule has 0 radical (unpaired) electrons. The highest BCUT2D eigenvalue weighted by Gasteiger charge is 2.32. The number of hydrogen-bond donors (Lipinski definition) is 6. The van der Waals surface area contributed by atoms with Crippen LogP contribution in [0.1, 0.15) is 42.0 Å². The Morgan fingerprint density at radius 1 is 0.673 bits per heavy atom. The van der Waals surface area contributed by atoms with Gasteiger partial charge in [0.05, 0.1) is 45.9 Å². The van der Waals surface area contributed by atoms with Gasteiger partial charge in [-0.1, -0.05) is 66.6 Å². The maximum atomic E-state index is 13.0. The topological polar surface area (TPSA) is 252 Å². The Kier molecular flexibility index (Phi) is 17.5. The largest absolute Gasteiger partial charge is 0.480 e. The average molecular weight is 754 g/mol. The van der Waals surface area contributed by atoms with Crippen molar-refractivity contribution in [2.24, 2.45) is 0 Å². The van der Waals surface area contributed by atoms with Gasteiger partial charge >= 0.3 is 37.7 Å². The van der Waals surface area contributed by atoms with Crippen LogP contribution in [0, 0.1) is 13.8 Å². The third kappa shape index (κ3) is 16.0. The summed E-state index contributed by atoms with van der Waals surface area (Å²) in [4.78, 5) is 71.1. The molecular weight excluding hydrogens is 705 g/mol. The number of benzene rings is 2. The van der Waals surface area contributed by atoms with Crippen molar-refractivity contribution < 1.29 is 68.0 Å². The molecule has 52 heavy (non-hydrogen) atoms. The zero-order valence-electron chi connectivity index (χ0n) is 29.4. The molecule has 17 nitrogen and oxygen atoms in total. The first-order chi connectivity index (χ1) is 24.3. The minimum Gasteiger partial charge on any atom is -0.480 e. The van der Waals surface area contributed by atoms with E-state index in [-0.39, 0.29) is 19.7 Å². The summed E-state index contributed by atoms with van der Waals surface area (Å²) in [6.07, 6.45) is 0.826. The molecule has 0 bridgehead atoms. The van der Waals surface area contributed by atoms with E-state index in [0.29, 0.717) is 12.8 Å². The molecule has 0 saturated carbocycles. The molecule has 0 aromatic heterocycles. The fraction of sp³-hybridized carbons (Fsp3) is 0.500. The molecule has 0 fully saturated rings. The fourth-order valence-electron chi connectivity index (χ4n) is 5.66. The maximum Gasteiger partial charge on any atom is 0.472 e. The normalized spacial score (nSPS) is 13.6. The fourth-order valence-corrected chi connectivity index (χ4v) is 6.45. The number of rotatable bonds is 26. The van der Waals surface area contributed by atoms with E-state index in [1.165, 1.54) is 4.90 Å². The molecule has 0 aliphatic carbocycles. The maximum absolute atomic E-state index is 13.0. The van der Waals surface area contributed by atoms with Gasteiger partial charge in [-0.15, -0.1) is 0 Å². The summed E-state index contributed by atoms with van der Waals surface area (Å²) in [7, 11) is -4.82. The molecule has 2 unspecified atom stereocenters. The Balaban J connectivity index is 2.22.